The molecule has 0 aliphatic carbocycles. The fourth-order valence-corrected chi connectivity index (χ4v) is 2.52. The minimum absolute atomic E-state index is 0.0344. The Bertz CT molecular complexity index is 340. The second kappa shape index (κ2) is 4.24. The van der Waals surface area contributed by atoms with Gasteiger partial charge in [-0.05, 0) is 24.0 Å². The second-order valence-corrected chi connectivity index (χ2v) is 4.46. The number of aldehydes is 1. The fraction of sp³-hybridized carbons (Fsp3) is 0.364. The van der Waals surface area contributed by atoms with Crippen LogP contribution in [0.3, 0.4) is 0 Å². The number of carbonyl (C=O) groups is 1. The van der Waals surface area contributed by atoms with Crippen LogP contribution in [0.4, 0.5) is 0 Å². The van der Waals surface area contributed by atoms with Crippen LogP contribution in [0.1, 0.15) is 17.9 Å². The molecule has 1 N–H and O–H groups in total. The minimum atomic E-state index is 0.0344. The number of hydrogen-bond acceptors (Lipinski definition) is 2. The summed E-state index contributed by atoms with van der Waals surface area (Å²) in [6, 6.07) is 8.24. The van der Waals surface area contributed by atoms with Crippen LogP contribution in [0.25, 0.3) is 0 Å². The van der Waals surface area contributed by atoms with Crippen molar-refractivity contribution in [2.24, 2.45) is 0 Å². The van der Waals surface area contributed by atoms with Gasteiger partial charge in [-0.25, -0.2) is 0 Å². The van der Waals surface area contributed by atoms with E-state index in [1.54, 1.807) is 0 Å². The summed E-state index contributed by atoms with van der Waals surface area (Å²) in [5.74, 6) is 0.459. The lowest BCUT2D eigenvalue weighted by Gasteiger charge is -2.10. The topological polar surface area (TPSA) is 29.1 Å². The van der Waals surface area contributed by atoms with Gasteiger partial charge in [-0.3, -0.25) is 0 Å². The molecule has 0 aromatic heterocycles. The van der Waals surface area contributed by atoms with Crippen molar-refractivity contribution in [1.29, 1.82) is 0 Å². The molecule has 74 valence electrons. The summed E-state index contributed by atoms with van der Waals surface area (Å²) in [5, 5.41) is 3.19. The third kappa shape index (κ3) is 1.88. The van der Waals surface area contributed by atoms with E-state index in [1.807, 2.05) is 18.2 Å². The Morgan fingerprint density at radius 3 is 2.86 bits per heavy atom. The molecule has 0 saturated carbocycles. The van der Waals surface area contributed by atoms with Gasteiger partial charge in [0.25, 0.3) is 0 Å². The van der Waals surface area contributed by atoms with Gasteiger partial charge in [0.2, 0.25) is 0 Å². The molecule has 1 aliphatic rings. The molecule has 0 radical (unpaired) electrons. The molecule has 2 unspecified atom stereocenters. The van der Waals surface area contributed by atoms with Gasteiger partial charge in [-0.1, -0.05) is 34.1 Å². The minimum Gasteiger partial charge on any atom is -0.307 e. The van der Waals surface area contributed by atoms with Crippen molar-refractivity contribution in [3.05, 3.63) is 34.3 Å². The van der Waals surface area contributed by atoms with Gasteiger partial charge < -0.3 is 10.1 Å². The Morgan fingerprint density at radius 2 is 2.21 bits per heavy atom. The van der Waals surface area contributed by atoms with Crippen molar-refractivity contribution in [3.8, 4) is 0 Å². The van der Waals surface area contributed by atoms with Crippen molar-refractivity contribution in [1.82, 2.24) is 5.32 Å². The van der Waals surface area contributed by atoms with Gasteiger partial charge in [0.05, 0.1) is 6.04 Å². The predicted molar refractivity (Wildman–Crippen MR) is 59.4 cm³/mol. The first-order valence-corrected chi connectivity index (χ1v) is 5.53. The number of carbonyl (C=O) groups excluding carboxylic acids is 1. The highest BCUT2D eigenvalue weighted by Crippen LogP contribution is 2.30. The Labute approximate surface area is 91.8 Å². The van der Waals surface area contributed by atoms with E-state index in [1.165, 1.54) is 5.56 Å². The molecule has 1 aromatic rings. The smallest absolute Gasteiger partial charge is 0.136 e. The summed E-state index contributed by atoms with van der Waals surface area (Å²) >= 11 is 3.53. The van der Waals surface area contributed by atoms with Gasteiger partial charge in [0.15, 0.2) is 0 Å². The third-order valence-corrected chi connectivity index (χ3v) is 3.40. The summed E-state index contributed by atoms with van der Waals surface area (Å²) < 4.78 is 1.14. The van der Waals surface area contributed by atoms with Gasteiger partial charge in [-0.2, -0.15) is 0 Å². The average Bonchev–Trinajstić information content (AvgIpc) is 2.67. The molecule has 1 fully saturated rings. The second-order valence-electron chi connectivity index (χ2n) is 3.60. The van der Waals surface area contributed by atoms with Crippen LogP contribution in [0.2, 0.25) is 0 Å². The van der Waals surface area contributed by atoms with Crippen LogP contribution in [-0.4, -0.2) is 18.9 Å². The SMILES string of the molecule is O=CC1CC(c2ccccc2Br)CN1. The number of nitrogens with one attached hydrogen (secondary N) is 1. The zero-order chi connectivity index (χ0) is 9.97. The fourth-order valence-electron chi connectivity index (χ4n) is 1.91. The Hall–Kier alpha value is -0.670. The Balaban J connectivity index is 2.17. The van der Waals surface area contributed by atoms with Crippen LogP contribution >= 0.6 is 15.9 Å². The summed E-state index contributed by atoms with van der Waals surface area (Å²) in [7, 11) is 0. The zero-order valence-corrected chi connectivity index (χ0v) is 9.33. The maximum atomic E-state index is 10.6. The quantitative estimate of drug-likeness (QED) is 0.819. The van der Waals surface area contributed by atoms with E-state index in [9.17, 15) is 4.79 Å². The van der Waals surface area contributed by atoms with Gasteiger partial charge in [0, 0.05) is 11.0 Å². The van der Waals surface area contributed by atoms with Crippen molar-refractivity contribution < 1.29 is 4.79 Å². The first-order chi connectivity index (χ1) is 6.81. The molecule has 1 aromatic carbocycles. The van der Waals surface area contributed by atoms with Crippen LogP contribution < -0.4 is 5.32 Å². The maximum absolute atomic E-state index is 10.6. The Kier molecular flexibility index (Phi) is 2.99. The number of benzene rings is 1. The van der Waals surface area contributed by atoms with Gasteiger partial charge in [-0.15, -0.1) is 0 Å². The van der Waals surface area contributed by atoms with E-state index >= 15 is 0 Å². The molecule has 1 saturated heterocycles. The van der Waals surface area contributed by atoms with E-state index in [0.717, 1.165) is 23.7 Å². The van der Waals surface area contributed by atoms with Crippen LogP contribution in [0, 0.1) is 0 Å². The predicted octanol–water partition coefficient (Wildman–Crippen LogP) is 2.09. The van der Waals surface area contributed by atoms with Gasteiger partial charge in [0.1, 0.15) is 6.29 Å². The summed E-state index contributed by atoms with van der Waals surface area (Å²) in [6.07, 6.45) is 1.91. The molecule has 1 aliphatic heterocycles. The van der Waals surface area contributed by atoms with Crippen molar-refractivity contribution in [2.75, 3.05) is 6.54 Å². The van der Waals surface area contributed by atoms with Crippen molar-refractivity contribution >= 4 is 22.2 Å². The highest BCUT2D eigenvalue weighted by atomic mass is 79.9. The van der Waals surface area contributed by atoms with E-state index < -0.39 is 0 Å². The molecular formula is C11H12BrNO. The highest BCUT2D eigenvalue weighted by molar-refractivity contribution is 9.10. The first-order valence-electron chi connectivity index (χ1n) is 4.74. The molecule has 2 atom stereocenters. The first kappa shape index (κ1) is 9.87. The lowest BCUT2D eigenvalue weighted by molar-refractivity contribution is -0.109. The van der Waals surface area contributed by atoms with E-state index in [-0.39, 0.29) is 6.04 Å². The largest absolute Gasteiger partial charge is 0.307 e. The zero-order valence-electron chi connectivity index (χ0n) is 7.74. The molecule has 0 bridgehead atoms. The molecule has 14 heavy (non-hydrogen) atoms. The van der Waals surface area contributed by atoms with Crippen LogP contribution in [0.5, 0.6) is 0 Å². The number of halogens is 1. The summed E-state index contributed by atoms with van der Waals surface area (Å²) in [6.45, 7) is 0.895. The normalized spacial score (nSPS) is 26.4. The molecule has 3 heteroatoms. The average molecular weight is 254 g/mol. The van der Waals surface area contributed by atoms with E-state index in [4.69, 9.17) is 0 Å². The molecule has 1 heterocycles. The molecule has 2 nitrogen and oxygen atoms in total. The van der Waals surface area contributed by atoms with Crippen LogP contribution in [-0.2, 0) is 4.79 Å². The maximum Gasteiger partial charge on any atom is 0.136 e. The molecule has 0 amide bonds. The van der Waals surface area contributed by atoms with E-state index in [2.05, 4.69) is 27.3 Å². The van der Waals surface area contributed by atoms with Crippen LogP contribution in [0.15, 0.2) is 28.7 Å². The lowest BCUT2D eigenvalue weighted by Crippen LogP contribution is -2.22. The third-order valence-electron chi connectivity index (χ3n) is 2.67. The summed E-state index contributed by atoms with van der Waals surface area (Å²) in [5.41, 5.74) is 1.30. The van der Waals surface area contributed by atoms with Gasteiger partial charge >= 0.3 is 0 Å². The monoisotopic (exact) mass is 253 g/mol. The van der Waals surface area contributed by atoms with E-state index in [0.29, 0.717) is 5.92 Å². The molecular weight excluding hydrogens is 242 g/mol. The standard InChI is InChI=1S/C11H12BrNO/c12-11-4-2-1-3-10(11)8-5-9(7-14)13-6-8/h1-4,7-9,13H,5-6H2. The number of hydrogen-bond donors (Lipinski definition) is 1. The van der Waals surface area contributed by atoms with Crippen molar-refractivity contribution in [2.45, 2.75) is 18.4 Å². The number of rotatable bonds is 2. The van der Waals surface area contributed by atoms with Crippen molar-refractivity contribution in [3.63, 3.8) is 0 Å². The Morgan fingerprint density at radius 1 is 1.43 bits per heavy atom. The summed E-state index contributed by atoms with van der Waals surface area (Å²) in [4.78, 5) is 10.6. The highest BCUT2D eigenvalue weighted by Gasteiger charge is 2.25. The molecule has 0 spiro atoms. The molecule has 2 rings (SSSR count). The lowest BCUT2D eigenvalue weighted by atomic mass is 9.97.